The SMILES string of the molecule is CC1C(N)CCC(C(=O)NCc2ccccc2O)C1(C)C. The fraction of sp³-hybridized carbons (Fsp3) is 0.588. The Morgan fingerprint density at radius 1 is 1.38 bits per heavy atom. The van der Waals surface area contributed by atoms with Crippen LogP contribution in [0.4, 0.5) is 0 Å². The van der Waals surface area contributed by atoms with E-state index in [-0.39, 0.29) is 29.0 Å². The van der Waals surface area contributed by atoms with E-state index in [9.17, 15) is 9.90 Å². The second-order valence-electron chi connectivity index (χ2n) is 6.75. The maximum atomic E-state index is 12.5. The molecule has 2 rings (SSSR count). The second-order valence-corrected chi connectivity index (χ2v) is 6.75. The number of nitrogens with one attached hydrogen (secondary N) is 1. The summed E-state index contributed by atoms with van der Waals surface area (Å²) in [4.78, 5) is 12.5. The van der Waals surface area contributed by atoms with E-state index in [1.807, 2.05) is 12.1 Å². The van der Waals surface area contributed by atoms with Crippen LogP contribution in [0.5, 0.6) is 5.75 Å². The first-order valence-electron chi connectivity index (χ1n) is 7.64. The lowest BCUT2D eigenvalue weighted by atomic mass is 9.61. The van der Waals surface area contributed by atoms with E-state index in [2.05, 4.69) is 26.1 Å². The smallest absolute Gasteiger partial charge is 0.223 e. The van der Waals surface area contributed by atoms with E-state index in [0.717, 1.165) is 18.4 Å². The molecule has 4 heteroatoms. The lowest BCUT2D eigenvalue weighted by molar-refractivity contribution is -0.132. The Kier molecular flexibility index (Phi) is 4.57. The van der Waals surface area contributed by atoms with Crippen LogP contribution < -0.4 is 11.1 Å². The average Bonchev–Trinajstić information content (AvgIpc) is 2.44. The third kappa shape index (κ3) is 3.21. The number of benzene rings is 1. The summed E-state index contributed by atoms with van der Waals surface area (Å²) < 4.78 is 0. The molecule has 1 aromatic rings. The highest BCUT2D eigenvalue weighted by Gasteiger charge is 2.44. The molecule has 3 atom stereocenters. The van der Waals surface area contributed by atoms with Crippen LogP contribution in [-0.4, -0.2) is 17.1 Å². The molecule has 1 amide bonds. The highest BCUT2D eigenvalue weighted by atomic mass is 16.3. The number of phenols is 1. The molecule has 0 spiro atoms. The van der Waals surface area contributed by atoms with Crippen LogP contribution in [0.3, 0.4) is 0 Å². The van der Waals surface area contributed by atoms with Crippen molar-refractivity contribution in [2.75, 3.05) is 0 Å². The van der Waals surface area contributed by atoms with Gasteiger partial charge in [0, 0.05) is 24.1 Å². The van der Waals surface area contributed by atoms with Crippen molar-refractivity contribution < 1.29 is 9.90 Å². The fourth-order valence-corrected chi connectivity index (χ4v) is 3.29. The zero-order chi connectivity index (χ0) is 15.6. The molecule has 1 aromatic carbocycles. The van der Waals surface area contributed by atoms with E-state index in [4.69, 9.17) is 5.73 Å². The number of aromatic hydroxyl groups is 1. The molecule has 4 nitrogen and oxygen atoms in total. The Hall–Kier alpha value is -1.55. The molecular weight excluding hydrogens is 264 g/mol. The maximum Gasteiger partial charge on any atom is 0.223 e. The maximum absolute atomic E-state index is 12.5. The number of nitrogens with two attached hydrogens (primary N) is 1. The lowest BCUT2D eigenvalue weighted by Gasteiger charge is -2.46. The summed E-state index contributed by atoms with van der Waals surface area (Å²) in [5.74, 6) is 0.559. The monoisotopic (exact) mass is 290 g/mol. The number of para-hydroxylation sites is 1. The van der Waals surface area contributed by atoms with Crippen LogP contribution >= 0.6 is 0 Å². The van der Waals surface area contributed by atoms with Gasteiger partial charge in [-0.05, 0) is 30.2 Å². The van der Waals surface area contributed by atoms with Crippen molar-refractivity contribution in [1.29, 1.82) is 0 Å². The van der Waals surface area contributed by atoms with Gasteiger partial charge in [-0.3, -0.25) is 4.79 Å². The van der Waals surface area contributed by atoms with Gasteiger partial charge in [0.2, 0.25) is 5.91 Å². The number of carbonyl (C=O) groups excluding carboxylic acids is 1. The van der Waals surface area contributed by atoms with Crippen LogP contribution in [0, 0.1) is 17.3 Å². The van der Waals surface area contributed by atoms with Crippen LogP contribution in [0.15, 0.2) is 24.3 Å². The van der Waals surface area contributed by atoms with Gasteiger partial charge < -0.3 is 16.2 Å². The summed E-state index contributed by atoms with van der Waals surface area (Å²) in [6, 6.07) is 7.25. The van der Waals surface area contributed by atoms with Gasteiger partial charge in [-0.2, -0.15) is 0 Å². The average molecular weight is 290 g/mol. The Balaban J connectivity index is 2.02. The minimum Gasteiger partial charge on any atom is -0.508 e. The van der Waals surface area contributed by atoms with Crippen molar-refractivity contribution >= 4 is 5.91 Å². The molecule has 0 aromatic heterocycles. The van der Waals surface area contributed by atoms with Gasteiger partial charge in [0.25, 0.3) is 0 Å². The summed E-state index contributed by atoms with van der Waals surface area (Å²) in [5, 5.41) is 12.7. The molecule has 0 saturated heterocycles. The molecule has 3 unspecified atom stereocenters. The number of carbonyl (C=O) groups is 1. The zero-order valence-electron chi connectivity index (χ0n) is 13.1. The van der Waals surface area contributed by atoms with Gasteiger partial charge in [-0.25, -0.2) is 0 Å². The molecule has 21 heavy (non-hydrogen) atoms. The predicted molar refractivity (Wildman–Crippen MR) is 83.6 cm³/mol. The molecule has 1 aliphatic carbocycles. The standard InChI is InChI=1S/C17H26N2O2/c1-11-14(18)9-8-13(17(11,2)3)16(21)19-10-12-6-4-5-7-15(12)20/h4-7,11,13-14,20H,8-10,18H2,1-3H3,(H,19,21). The van der Waals surface area contributed by atoms with Crippen molar-refractivity contribution in [3.05, 3.63) is 29.8 Å². The molecule has 1 saturated carbocycles. The number of hydrogen-bond acceptors (Lipinski definition) is 3. The van der Waals surface area contributed by atoms with Gasteiger partial charge >= 0.3 is 0 Å². The Morgan fingerprint density at radius 2 is 2.05 bits per heavy atom. The van der Waals surface area contributed by atoms with Crippen molar-refractivity contribution in [2.24, 2.45) is 23.0 Å². The first-order valence-corrected chi connectivity index (χ1v) is 7.64. The Labute approximate surface area is 126 Å². The third-order valence-electron chi connectivity index (χ3n) is 5.26. The third-order valence-corrected chi connectivity index (χ3v) is 5.26. The molecule has 1 fully saturated rings. The van der Waals surface area contributed by atoms with Gasteiger partial charge in [-0.1, -0.05) is 39.0 Å². The van der Waals surface area contributed by atoms with E-state index in [0.29, 0.717) is 12.5 Å². The van der Waals surface area contributed by atoms with Gasteiger partial charge in [0.05, 0.1) is 0 Å². The number of phenolic OH excluding ortho intramolecular Hbond substituents is 1. The summed E-state index contributed by atoms with van der Waals surface area (Å²) >= 11 is 0. The summed E-state index contributed by atoms with van der Waals surface area (Å²) in [5.41, 5.74) is 6.77. The topological polar surface area (TPSA) is 75.4 Å². The number of hydrogen-bond donors (Lipinski definition) is 3. The minimum absolute atomic E-state index is 0.0295. The molecule has 0 radical (unpaired) electrons. The summed E-state index contributed by atoms with van der Waals surface area (Å²) in [7, 11) is 0. The Morgan fingerprint density at radius 3 is 2.71 bits per heavy atom. The van der Waals surface area contributed by atoms with Crippen LogP contribution in [-0.2, 0) is 11.3 Å². The largest absolute Gasteiger partial charge is 0.508 e. The van der Waals surface area contributed by atoms with Crippen LogP contribution in [0.1, 0.15) is 39.2 Å². The van der Waals surface area contributed by atoms with Crippen molar-refractivity contribution in [1.82, 2.24) is 5.32 Å². The van der Waals surface area contributed by atoms with E-state index >= 15 is 0 Å². The van der Waals surface area contributed by atoms with Crippen molar-refractivity contribution in [3.63, 3.8) is 0 Å². The first kappa shape index (κ1) is 15.8. The highest BCUT2D eigenvalue weighted by Crippen LogP contribution is 2.44. The summed E-state index contributed by atoms with van der Waals surface area (Å²) in [6.45, 7) is 6.74. The predicted octanol–water partition coefficient (Wildman–Crippen LogP) is 2.41. The molecule has 4 N–H and O–H groups in total. The van der Waals surface area contributed by atoms with Gasteiger partial charge in [-0.15, -0.1) is 0 Å². The summed E-state index contributed by atoms with van der Waals surface area (Å²) in [6.07, 6.45) is 1.71. The first-order chi connectivity index (χ1) is 9.84. The van der Waals surface area contributed by atoms with Gasteiger partial charge in [0.15, 0.2) is 0 Å². The van der Waals surface area contributed by atoms with Crippen molar-refractivity contribution in [2.45, 2.75) is 46.2 Å². The fourth-order valence-electron chi connectivity index (χ4n) is 3.29. The van der Waals surface area contributed by atoms with Gasteiger partial charge in [0.1, 0.15) is 5.75 Å². The minimum atomic E-state index is -0.111. The molecule has 0 aliphatic heterocycles. The highest BCUT2D eigenvalue weighted by molar-refractivity contribution is 5.79. The molecule has 116 valence electrons. The molecular formula is C17H26N2O2. The molecule has 0 bridgehead atoms. The van der Waals surface area contributed by atoms with E-state index < -0.39 is 0 Å². The van der Waals surface area contributed by atoms with E-state index in [1.165, 1.54) is 0 Å². The second kappa shape index (κ2) is 6.06. The normalized spacial score (nSPS) is 28.1. The van der Waals surface area contributed by atoms with E-state index in [1.54, 1.807) is 12.1 Å². The van der Waals surface area contributed by atoms with Crippen LogP contribution in [0.2, 0.25) is 0 Å². The number of amides is 1. The Bertz CT molecular complexity index is 513. The quantitative estimate of drug-likeness (QED) is 0.800. The van der Waals surface area contributed by atoms with Crippen LogP contribution in [0.25, 0.3) is 0 Å². The molecule has 0 heterocycles. The molecule has 1 aliphatic rings. The zero-order valence-corrected chi connectivity index (χ0v) is 13.1. The van der Waals surface area contributed by atoms with Crippen molar-refractivity contribution in [3.8, 4) is 5.75 Å². The number of rotatable bonds is 3. The lowest BCUT2D eigenvalue weighted by Crippen LogP contribution is -2.51.